The van der Waals surface area contributed by atoms with E-state index in [9.17, 15) is 8.42 Å². The Morgan fingerprint density at radius 2 is 1.65 bits per heavy atom. The molecule has 0 radical (unpaired) electrons. The van der Waals surface area contributed by atoms with Crippen molar-refractivity contribution < 1.29 is 13.5 Å². The van der Waals surface area contributed by atoms with Gasteiger partial charge in [0.25, 0.3) is 0 Å². The molecular formula is C15H23NO3S. The van der Waals surface area contributed by atoms with Crippen LogP contribution in [0.3, 0.4) is 0 Å². The molecule has 1 aliphatic carbocycles. The number of aliphatic hydroxyl groups is 1. The smallest absolute Gasteiger partial charge is 0.240 e. The summed E-state index contributed by atoms with van der Waals surface area (Å²) in [5, 5.41) is 8.99. The minimum absolute atomic E-state index is 0.0243. The first-order valence-electron chi connectivity index (χ1n) is 7.13. The Bertz CT molecular complexity index is 529. The third-order valence-electron chi connectivity index (χ3n) is 3.92. The van der Waals surface area contributed by atoms with Crippen molar-refractivity contribution in [2.24, 2.45) is 11.8 Å². The third kappa shape index (κ3) is 3.81. The van der Waals surface area contributed by atoms with Gasteiger partial charge in [-0.3, -0.25) is 0 Å². The largest absolute Gasteiger partial charge is 0.392 e. The molecular weight excluding hydrogens is 274 g/mol. The molecule has 0 saturated heterocycles. The molecule has 2 rings (SSSR count). The molecule has 0 aliphatic heterocycles. The molecule has 1 aromatic rings. The van der Waals surface area contributed by atoms with E-state index in [-0.39, 0.29) is 17.5 Å². The van der Waals surface area contributed by atoms with Gasteiger partial charge in [-0.05, 0) is 48.8 Å². The summed E-state index contributed by atoms with van der Waals surface area (Å²) in [6, 6.07) is 6.39. The van der Waals surface area contributed by atoms with Crippen molar-refractivity contribution >= 4 is 10.0 Å². The maximum Gasteiger partial charge on any atom is 0.240 e. The van der Waals surface area contributed by atoms with Crippen molar-refractivity contribution in [3.8, 4) is 0 Å². The molecule has 4 nitrogen and oxygen atoms in total. The van der Waals surface area contributed by atoms with Gasteiger partial charge in [-0.15, -0.1) is 0 Å². The highest BCUT2D eigenvalue weighted by molar-refractivity contribution is 7.89. The fourth-order valence-corrected chi connectivity index (χ4v) is 4.37. The summed E-state index contributed by atoms with van der Waals surface area (Å²) in [5.41, 5.74) is 0.712. The Balaban J connectivity index is 2.09. The Morgan fingerprint density at radius 3 is 2.15 bits per heavy atom. The monoisotopic (exact) mass is 297 g/mol. The molecule has 0 heterocycles. The van der Waals surface area contributed by atoms with Crippen molar-refractivity contribution in [3.63, 3.8) is 0 Å². The minimum atomic E-state index is -3.46. The SMILES string of the molecule is CC1CC(C)CC(NS(=O)(=O)c2ccc(CO)cc2)C1. The van der Waals surface area contributed by atoms with E-state index in [0.29, 0.717) is 17.4 Å². The highest BCUT2D eigenvalue weighted by Crippen LogP contribution is 2.29. The number of hydrogen-bond donors (Lipinski definition) is 2. The van der Waals surface area contributed by atoms with Crippen LogP contribution in [0.1, 0.15) is 38.7 Å². The number of nitrogens with one attached hydrogen (secondary N) is 1. The molecule has 1 aliphatic rings. The first-order chi connectivity index (χ1) is 9.40. The lowest BCUT2D eigenvalue weighted by Gasteiger charge is -2.31. The van der Waals surface area contributed by atoms with E-state index in [0.717, 1.165) is 12.8 Å². The summed E-state index contributed by atoms with van der Waals surface area (Å²) < 4.78 is 27.5. The van der Waals surface area contributed by atoms with Crippen molar-refractivity contribution in [1.29, 1.82) is 0 Å². The molecule has 20 heavy (non-hydrogen) atoms. The number of benzene rings is 1. The van der Waals surface area contributed by atoms with Gasteiger partial charge < -0.3 is 5.11 Å². The Morgan fingerprint density at radius 1 is 1.10 bits per heavy atom. The molecule has 1 aromatic carbocycles. The van der Waals surface area contributed by atoms with Crippen molar-refractivity contribution in [2.45, 2.75) is 50.7 Å². The van der Waals surface area contributed by atoms with E-state index in [1.54, 1.807) is 24.3 Å². The van der Waals surface area contributed by atoms with Crippen LogP contribution in [0.4, 0.5) is 0 Å². The standard InChI is InChI=1S/C15H23NO3S/c1-11-7-12(2)9-14(8-11)16-20(18,19)15-5-3-13(10-17)4-6-15/h3-6,11-12,14,16-17H,7-10H2,1-2H3. The maximum atomic E-state index is 12.3. The first kappa shape index (κ1) is 15.5. The molecule has 1 saturated carbocycles. The molecule has 2 atom stereocenters. The zero-order valence-electron chi connectivity index (χ0n) is 12.0. The molecule has 0 spiro atoms. The van der Waals surface area contributed by atoms with Crippen LogP contribution >= 0.6 is 0 Å². The molecule has 5 heteroatoms. The van der Waals surface area contributed by atoms with Crippen LogP contribution in [-0.4, -0.2) is 19.6 Å². The molecule has 2 N–H and O–H groups in total. The van der Waals surface area contributed by atoms with Gasteiger partial charge >= 0.3 is 0 Å². The summed E-state index contributed by atoms with van der Waals surface area (Å²) in [6.45, 7) is 4.27. The fourth-order valence-electron chi connectivity index (χ4n) is 3.10. The summed E-state index contributed by atoms with van der Waals surface area (Å²) in [7, 11) is -3.46. The second-order valence-corrected chi connectivity index (χ2v) is 7.75. The molecule has 0 aromatic heterocycles. The zero-order valence-corrected chi connectivity index (χ0v) is 12.9. The quantitative estimate of drug-likeness (QED) is 0.896. The molecule has 2 unspecified atom stereocenters. The van der Waals surface area contributed by atoms with Crippen LogP contribution in [0.15, 0.2) is 29.2 Å². The highest BCUT2D eigenvalue weighted by Gasteiger charge is 2.27. The van der Waals surface area contributed by atoms with E-state index in [1.165, 1.54) is 6.42 Å². The topological polar surface area (TPSA) is 66.4 Å². The van der Waals surface area contributed by atoms with Crippen LogP contribution in [0.5, 0.6) is 0 Å². The molecule has 0 amide bonds. The number of rotatable bonds is 4. The molecule has 0 bridgehead atoms. The molecule has 1 fully saturated rings. The van der Waals surface area contributed by atoms with Crippen LogP contribution in [-0.2, 0) is 16.6 Å². The van der Waals surface area contributed by atoms with Gasteiger partial charge in [0.2, 0.25) is 10.0 Å². The number of sulfonamides is 1. The average molecular weight is 297 g/mol. The van der Waals surface area contributed by atoms with Gasteiger partial charge in [-0.2, -0.15) is 0 Å². The Labute approximate surface area is 121 Å². The van der Waals surface area contributed by atoms with Gasteiger partial charge in [0.1, 0.15) is 0 Å². The van der Waals surface area contributed by atoms with E-state index in [4.69, 9.17) is 5.11 Å². The summed E-state index contributed by atoms with van der Waals surface area (Å²) >= 11 is 0. The van der Waals surface area contributed by atoms with Gasteiger partial charge in [0, 0.05) is 6.04 Å². The Hall–Kier alpha value is -0.910. The minimum Gasteiger partial charge on any atom is -0.392 e. The lowest BCUT2D eigenvalue weighted by atomic mass is 9.81. The molecule has 112 valence electrons. The predicted octanol–water partition coefficient (Wildman–Crippen LogP) is 2.28. The average Bonchev–Trinajstić information content (AvgIpc) is 2.37. The zero-order chi connectivity index (χ0) is 14.8. The van der Waals surface area contributed by atoms with Crippen molar-refractivity contribution in [2.75, 3.05) is 0 Å². The lowest BCUT2D eigenvalue weighted by molar-refractivity contribution is 0.257. The van der Waals surface area contributed by atoms with E-state index in [2.05, 4.69) is 18.6 Å². The first-order valence-corrected chi connectivity index (χ1v) is 8.61. The van der Waals surface area contributed by atoms with E-state index in [1.807, 2.05) is 0 Å². The van der Waals surface area contributed by atoms with Gasteiger partial charge in [0.15, 0.2) is 0 Å². The summed E-state index contributed by atoms with van der Waals surface area (Å²) in [5.74, 6) is 1.12. The van der Waals surface area contributed by atoms with Gasteiger partial charge in [-0.1, -0.05) is 26.0 Å². The second kappa shape index (κ2) is 6.24. The fraction of sp³-hybridized carbons (Fsp3) is 0.600. The van der Waals surface area contributed by atoms with Gasteiger partial charge in [0.05, 0.1) is 11.5 Å². The Kier molecular flexibility index (Phi) is 4.83. The lowest BCUT2D eigenvalue weighted by Crippen LogP contribution is -2.39. The number of aliphatic hydroxyl groups excluding tert-OH is 1. The van der Waals surface area contributed by atoms with E-state index >= 15 is 0 Å². The van der Waals surface area contributed by atoms with Crippen LogP contribution in [0.25, 0.3) is 0 Å². The van der Waals surface area contributed by atoms with Crippen LogP contribution in [0, 0.1) is 11.8 Å². The van der Waals surface area contributed by atoms with Crippen LogP contribution in [0.2, 0.25) is 0 Å². The second-order valence-electron chi connectivity index (χ2n) is 6.04. The third-order valence-corrected chi connectivity index (χ3v) is 5.45. The normalized spacial score (nSPS) is 27.4. The van der Waals surface area contributed by atoms with Gasteiger partial charge in [-0.25, -0.2) is 13.1 Å². The summed E-state index contributed by atoms with van der Waals surface area (Å²) in [4.78, 5) is 0.264. The number of hydrogen-bond acceptors (Lipinski definition) is 3. The van der Waals surface area contributed by atoms with Crippen molar-refractivity contribution in [3.05, 3.63) is 29.8 Å². The van der Waals surface area contributed by atoms with Crippen molar-refractivity contribution in [1.82, 2.24) is 4.72 Å². The summed E-state index contributed by atoms with van der Waals surface area (Å²) in [6.07, 6.45) is 2.97. The van der Waals surface area contributed by atoms with Crippen LogP contribution < -0.4 is 4.72 Å². The van der Waals surface area contributed by atoms with E-state index < -0.39 is 10.0 Å². The maximum absolute atomic E-state index is 12.3. The predicted molar refractivity (Wildman–Crippen MR) is 78.7 cm³/mol. The highest BCUT2D eigenvalue weighted by atomic mass is 32.2.